The Morgan fingerprint density at radius 2 is 2.00 bits per heavy atom. The molecule has 1 aromatic rings. The van der Waals surface area contributed by atoms with Crippen LogP contribution in [0.4, 0.5) is 4.79 Å². The molecule has 0 bridgehead atoms. The molecule has 0 saturated carbocycles. The quantitative estimate of drug-likeness (QED) is 0.726. The molecule has 10 heteroatoms. The predicted molar refractivity (Wildman–Crippen MR) is 78.9 cm³/mol. The van der Waals surface area contributed by atoms with Crippen LogP contribution in [-0.2, 0) is 26.1 Å². The van der Waals surface area contributed by atoms with Crippen LogP contribution < -0.4 is 5.32 Å². The first-order valence-electron chi connectivity index (χ1n) is 6.76. The van der Waals surface area contributed by atoms with Crippen LogP contribution in [-0.4, -0.2) is 62.9 Å². The lowest BCUT2D eigenvalue weighted by molar-refractivity contribution is -0.133. The van der Waals surface area contributed by atoms with Gasteiger partial charge in [-0.1, -0.05) is 0 Å². The van der Waals surface area contributed by atoms with Crippen LogP contribution in [0.15, 0.2) is 21.6 Å². The fraction of sp³-hybridized carbons (Fsp3) is 0.538. The van der Waals surface area contributed by atoms with Gasteiger partial charge in [0.1, 0.15) is 11.3 Å². The molecule has 1 atom stereocenters. The summed E-state index contributed by atoms with van der Waals surface area (Å²) in [6.07, 6.45) is 0. The second-order valence-electron chi connectivity index (χ2n) is 5.59. The van der Waals surface area contributed by atoms with Crippen molar-refractivity contribution in [2.24, 2.45) is 0 Å². The van der Waals surface area contributed by atoms with Gasteiger partial charge in [-0.15, -0.1) is 0 Å². The highest BCUT2D eigenvalue weighted by Crippen LogP contribution is 2.23. The minimum atomic E-state index is -3.71. The number of imide groups is 1. The standard InChI is InChI=1S/C13H19N3O6S/c1-13(8-21-4)11(17)16(12(18)14-13)7-9-5-6-10(22-9)23(19,20)15(2)3/h5-6H,7-8H2,1-4H3,(H,14,18). The smallest absolute Gasteiger partial charge is 0.325 e. The molecule has 3 amide bonds. The number of ether oxygens (including phenoxy) is 1. The zero-order valence-electron chi connectivity index (χ0n) is 13.3. The van der Waals surface area contributed by atoms with Crippen LogP contribution in [0.2, 0.25) is 0 Å². The number of amides is 3. The Bertz CT molecular complexity index is 726. The van der Waals surface area contributed by atoms with Gasteiger partial charge in [0.2, 0.25) is 5.09 Å². The number of carbonyl (C=O) groups is 2. The summed E-state index contributed by atoms with van der Waals surface area (Å²) >= 11 is 0. The molecule has 1 aliphatic rings. The minimum Gasteiger partial charge on any atom is -0.446 e. The van der Waals surface area contributed by atoms with Crippen molar-refractivity contribution in [3.05, 3.63) is 17.9 Å². The number of furan rings is 1. The molecule has 1 N–H and O–H groups in total. The maximum absolute atomic E-state index is 12.3. The van der Waals surface area contributed by atoms with Gasteiger partial charge >= 0.3 is 6.03 Å². The normalized spacial score (nSPS) is 22.0. The first kappa shape index (κ1) is 17.4. The van der Waals surface area contributed by atoms with Gasteiger partial charge in [-0.2, -0.15) is 0 Å². The predicted octanol–water partition coefficient (Wildman–Crippen LogP) is -0.0132. The summed E-state index contributed by atoms with van der Waals surface area (Å²) in [5, 5.41) is 2.30. The molecule has 0 aromatic carbocycles. The molecule has 128 valence electrons. The highest BCUT2D eigenvalue weighted by molar-refractivity contribution is 7.88. The van der Waals surface area contributed by atoms with Crippen LogP contribution in [0, 0.1) is 0 Å². The van der Waals surface area contributed by atoms with E-state index in [2.05, 4.69) is 5.32 Å². The average molecular weight is 345 g/mol. The van der Waals surface area contributed by atoms with Crippen molar-refractivity contribution >= 4 is 22.0 Å². The Balaban J connectivity index is 2.19. The fourth-order valence-corrected chi connectivity index (χ4v) is 3.01. The lowest BCUT2D eigenvalue weighted by Gasteiger charge is -2.19. The Labute approximate surface area is 134 Å². The zero-order chi connectivity index (χ0) is 17.4. The fourth-order valence-electron chi connectivity index (χ4n) is 2.19. The van der Waals surface area contributed by atoms with E-state index in [1.54, 1.807) is 6.92 Å². The van der Waals surface area contributed by atoms with Crippen molar-refractivity contribution in [3.63, 3.8) is 0 Å². The van der Waals surface area contributed by atoms with Crippen molar-refractivity contribution in [1.29, 1.82) is 0 Å². The van der Waals surface area contributed by atoms with Crippen LogP contribution >= 0.6 is 0 Å². The minimum absolute atomic E-state index is 0.0342. The van der Waals surface area contributed by atoms with Crippen molar-refractivity contribution in [2.45, 2.75) is 24.1 Å². The molecular formula is C13H19N3O6S. The van der Waals surface area contributed by atoms with Crippen molar-refractivity contribution in [3.8, 4) is 0 Å². The summed E-state index contributed by atoms with van der Waals surface area (Å²) in [6, 6.07) is 2.13. The average Bonchev–Trinajstić information content (AvgIpc) is 2.99. The number of hydrogen-bond donors (Lipinski definition) is 1. The molecule has 0 spiro atoms. The third kappa shape index (κ3) is 3.09. The third-order valence-electron chi connectivity index (χ3n) is 3.46. The number of nitrogens with zero attached hydrogens (tertiary/aromatic N) is 2. The largest absolute Gasteiger partial charge is 0.446 e. The van der Waals surface area contributed by atoms with E-state index in [9.17, 15) is 18.0 Å². The summed E-state index contributed by atoms with van der Waals surface area (Å²) in [5.74, 6) is -0.270. The number of sulfonamides is 1. The highest BCUT2D eigenvalue weighted by Gasteiger charge is 2.48. The van der Waals surface area contributed by atoms with Gasteiger partial charge in [-0.25, -0.2) is 17.5 Å². The molecule has 0 radical (unpaired) electrons. The lowest BCUT2D eigenvalue weighted by atomic mass is 10.0. The molecule has 23 heavy (non-hydrogen) atoms. The number of nitrogens with one attached hydrogen (secondary N) is 1. The van der Waals surface area contributed by atoms with Gasteiger partial charge in [0.25, 0.3) is 15.9 Å². The molecule has 1 aliphatic heterocycles. The second-order valence-corrected chi connectivity index (χ2v) is 7.68. The molecule has 2 heterocycles. The summed E-state index contributed by atoms with van der Waals surface area (Å²) in [7, 11) is 0.484. The Morgan fingerprint density at radius 1 is 1.35 bits per heavy atom. The molecular weight excluding hydrogens is 326 g/mol. The van der Waals surface area contributed by atoms with E-state index in [-0.39, 0.29) is 24.0 Å². The van der Waals surface area contributed by atoms with Gasteiger partial charge in [-0.3, -0.25) is 9.69 Å². The highest BCUT2D eigenvalue weighted by atomic mass is 32.2. The Hall–Kier alpha value is -1.91. The van der Waals surface area contributed by atoms with Crippen molar-refractivity contribution in [2.75, 3.05) is 27.8 Å². The third-order valence-corrected chi connectivity index (χ3v) is 5.15. The lowest BCUT2D eigenvalue weighted by Crippen LogP contribution is -2.47. The van der Waals surface area contributed by atoms with Gasteiger partial charge < -0.3 is 14.5 Å². The summed E-state index contributed by atoms with van der Waals surface area (Å²) in [5.41, 5.74) is -1.14. The molecule has 1 aromatic heterocycles. The summed E-state index contributed by atoms with van der Waals surface area (Å²) < 4.78 is 35.1. The molecule has 1 saturated heterocycles. The van der Waals surface area contributed by atoms with Crippen LogP contribution in [0.25, 0.3) is 0 Å². The maximum atomic E-state index is 12.3. The first-order chi connectivity index (χ1) is 10.6. The van der Waals surface area contributed by atoms with E-state index in [4.69, 9.17) is 9.15 Å². The molecule has 1 fully saturated rings. The van der Waals surface area contributed by atoms with E-state index >= 15 is 0 Å². The van der Waals surface area contributed by atoms with E-state index in [1.807, 2.05) is 0 Å². The van der Waals surface area contributed by atoms with Crippen molar-refractivity contribution in [1.82, 2.24) is 14.5 Å². The van der Waals surface area contributed by atoms with Gasteiger partial charge in [0.15, 0.2) is 0 Å². The van der Waals surface area contributed by atoms with Gasteiger partial charge in [0.05, 0.1) is 13.2 Å². The zero-order valence-corrected chi connectivity index (χ0v) is 14.1. The maximum Gasteiger partial charge on any atom is 0.325 e. The second kappa shape index (κ2) is 5.95. The van der Waals surface area contributed by atoms with Gasteiger partial charge in [0, 0.05) is 21.2 Å². The molecule has 9 nitrogen and oxygen atoms in total. The summed E-state index contributed by atoms with van der Waals surface area (Å²) in [6.45, 7) is 1.43. The van der Waals surface area contributed by atoms with E-state index in [1.165, 1.54) is 33.3 Å². The Morgan fingerprint density at radius 3 is 2.57 bits per heavy atom. The molecule has 1 unspecified atom stereocenters. The molecule has 0 aliphatic carbocycles. The first-order valence-corrected chi connectivity index (χ1v) is 8.20. The van der Waals surface area contributed by atoms with Crippen LogP contribution in [0.3, 0.4) is 0 Å². The van der Waals surface area contributed by atoms with Crippen LogP contribution in [0.5, 0.6) is 0 Å². The molecule has 2 rings (SSSR count). The number of hydrogen-bond acceptors (Lipinski definition) is 6. The van der Waals surface area contributed by atoms with Crippen molar-refractivity contribution < 1.29 is 27.2 Å². The SMILES string of the molecule is COCC1(C)NC(=O)N(Cc2ccc(S(=O)(=O)N(C)C)o2)C1=O. The van der Waals surface area contributed by atoms with E-state index in [0.29, 0.717) is 0 Å². The van der Waals surface area contributed by atoms with Crippen LogP contribution in [0.1, 0.15) is 12.7 Å². The topological polar surface area (TPSA) is 109 Å². The van der Waals surface area contributed by atoms with E-state index in [0.717, 1.165) is 9.21 Å². The number of carbonyl (C=O) groups excluding carboxylic acids is 2. The number of methoxy groups -OCH3 is 1. The number of rotatable bonds is 6. The van der Waals surface area contributed by atoms with E-state index < -0.39 is 27.5 Å². The number of urea groups is 1. The Kier molecular flexibility index (Phi) is 4.51. The summed E-state index contributed by atoms with van der Waals surface area (Å²) in [4.78, 5) is 25.3. The van der Waals surface area contributed by atoms with Gasteiger partial charge in [-0.05, 0) is 19.1 Å². The monoisotopic (exact) mass is 345 g/mol.